The number of hydrogen-bond donors (Lipinski definition) is 3. The van der Waals surface area contributed by atoms with E-state index in [2.05, 4.69) is 31.3 Å². The summed E-state index contributed by atoms with van der Waals surface area (Å²) in [5, 5.41) is 6.09. The monoisotopic (exact) mass is 398 g/mol. The molecule has 0 saturated heterocycles. The maximum atomic E-state index is 11.8. The molecule has 8 heteroatoms. The lowest BCUT2D eigenvalue weighted by molar-refractivity contribution is -0.895. The van der Waals surface area contributed by atoms with Crippen LogP contribution in [-0.4, -0.2) is 40.3 Å². The number of likely N-dealkylation sites (N-methyl/N-ethyl adjacent to an activating group) is 1. The summed E-state index contributed by atoms with van der Waals surface area (Å²) in [6.45, 7) is 4.82. The third-order valence-electron chi connectivity index (χ3n) is 3.15. The van der Waals surface area contributed by atoms with E-state index in [1.54, 1.807) is 4.68 Å². The Morgan fingerprint density at radius 3 is 2.83 bits per heavy atom. The molecular formula is C15H21BrN5OS+. The second kappa shape index (κ2) is 7.85. The molecule has 1 heterocycles. The molecule has 0 aliphatic carbocycles. The molecule has 2 rings (SSSR count). The fraction of sp³-hybridized carbons (Fsp3) is 0.400. The standard InChI is InChI=1S/C15H20BrN5OS/c1-10(2)17-13(22)8-20(3)9-21-15(23)18-14(19-21)11-6-4-5-7-12(11)16/h4-7,10H,8-9H2,1-3H3,(H,17,22)(H,18,19,23)/p+1. The first-order valence-electron chi connectivity index (χ1n) is 7.39. The minimum Gasteiger partial charge on any atom is -0.349 e. The van der Waals surface area contributed by atoms with Gasteiger partial charge in [0.25, 0.3) is 5.91 Å². The summed E-state index contributed by atoms with van der Waals surface area (Å²) in [6.07, 6.45) is 0. The zero-order valence-electron chi connectivity index (χ0n) is 13.4. The van der Waals surface area contributed by atoms with Crippen molar-refractivity contribution in [2.75, 3.05) is 13.6 Å². The van der Waals surface area contributed by atoms with Crippen LogP contribution in [-0.2, 0) is 11.5 Å². The lowest BCUT2D eigenvalue weighted by Crippen LogP contribution is -3.09. The van der Waals surface area contributed by atoms with Crippen LogP contribution in [0.25, 0.3) is 11.4 Å². The molecular weight excluding hydrogens is 378 g/mol. The van der Waals surface area contributed by atoms with Crippen LogP contribution >= 0.6 is 28.1 Å². The lowest BCUT2D eigenvalue weighted by atomic mass is 10.2. The van der Waals surface area contributed by atoms with Crippen molar-refractivity contribution in [3.8, 4) is 11.4 Å². The van der Waals surface area contributed by atoms with Gasteiger partial charge in [0.1, 0.15) is 0 Å². The van der Waals surface area contributed by atoms with Crippen LogP contribution in [0.15, 0.2) is 28.7 Å². The predicted molar refractivity (Wildman–Crippen MR) is 95.6 cm³/mol. The molecule has 0 radical (unpaired) electrons. The predicted octanol–water partition coefficient (Wildman–Crippen LogP) is 1.37. The molecule has 1 unspecified atom stereocenters. The van der Waals surface area contributed by atoms with Crippen molar-refractivity contribution >= 4 is 34.1 Å². The van der Waals surface area contributed by atoms with E-state index in [-0.39, 0.29) is 11.9 Å². The van der Waals surface area contributed by atoms with Gasteiger partial charge in [-0.3, -0.25) is 9.89 Å². The normalized spacial score (nSPS) is 12.4. The molecule has 1 amide bonds. The quantitative estimate of drug-likeness (QED) is 0.643. The van der Waals surface area contributed by atoms with Gasteiger partial charge in [-0.1, -0.05) is 34.1 Å². The molecule has 0 fully saturated rings. The number of carbonyl (C=O) groups excluding carboxylic acids is 1. The van der Waals surface area contributed by atoms with E-state index in [1.165, 1.54) is 0 Å². The molecule has 0 saturated carbocycles. The van der Waals surface area contributed by atoms with Gasteiger partial charge in [0.2, 0.25) is 4.77 Å². The van der Waals surface area contributed by atoms with Crippen LogP contribution in [0.4, 0.5) is 0 Å². The lowest BCUT2D eigenvalue weighted by Gasteiger charge is -2.15. The van der Waals surface area contributed by atoms with E-state index in [4.69, 9.17) is 12.2 Å². The third kappa shape index (κ3) is 4.98. The van der Waals surface area contributed by atoms with Gasteiger partial charge in [0.15, 0.2) is 19.0 Å². The molecule has 1 atom stereocenters. The second-order valence-corrected chi connectivity index (χ2v) is 7.00. The maximum absolute atomic E-state index is 11.8. The molecule has 124 valence electrons. The van der Waals surface area contributed by atoms with E-state index in [9.17, 15) is 4.79 Å². The molecule has 23 heavy (non-hydrogen) atoms. The van der Waals surface area contributed by atoms with Crippen LogP contribution < -0.4 is 10.2 Å². The maximum Gasteiger partial charge on any atom is 0.275 e. The molecule has 2 aromatic rings. The largest absolute Gasteiger partial charge is 0.349 e. The van der Waals surface area contributed by atoms with Crippen molar-refractivity contribution in [1.82, 2.24) is 20.1 Å². The van der Waals surface area contributed by atoms with Gasteiger partial charge in [-0.25, -0.2) is 4.68 Å². The van der Waals surface area contributed by atoms with E-state index in [0.29, 0.717) is 23.8 Å². The molecule has 0 aliphatic heterocycles. The van der Waals surface area contributed by atoms with Gasteiger partial charge >= 0.3 is 0 Å². The van der Waals surface area contributed by atoms with Crippen LogP contribution in [0, 0.1) is 4.77 Å². The van der Waals surface area contributed by atoms with E-state index < -0.39 is 0 Å². The summed E-state index contributed by atoms with van der Waals surface area (Å²) in [7, 11) is 1.95. The van der Waals surface area contributed by atoms with Crippen LogP contribution in [0.2, 0.25) is 0 Å². The summed E-state index contributed by atoms with van der Waals surface area (Å²) >= 11 is 8.82. The number of aromatic nitrogens is 3. The Labute approximate surface area is 149 Å². The summed E-state index contributed by atoms with van der Waals surface area (Å²) in [5.41, 5.74) is 0.951. The Kier molecular flexibility index (Phi) is 6.09. The van der Waals surface area contributed by atoms with Gasteiger partial charge in [0.05, 0.1) is 7.05 Å². The topological polar surface area (TPSA) is 67.2 Å². The molecule has 0 spiro atoms. The number of rotatable bonds is 6. The number of hydrogen-bond acceptors (Lipinski definition) is 3. The molecule has 6 nitrogen and oxygen atoms in total. The number of nitrogens with one attached hydrogen (secondary N) is 3. The van der Waals surface area contributed by atoms with E-state index in [1.807, 2.05) is 45.2 Å². The number of halogens is 1. The summed E-state index contributed by atoms with van der Waals surface area (Å²) in [4.78, 5) is 17.2. The Balaban J connectivity index is 2.09. The van der Waals surface area contributed by atoms with Gasteiger partial charge in [-0.05, 0) is 32.1 Å². The van der Waals surface area contributed by atoms with E-state index in [0.717, 1.165) is 14.9 Å². The highest BCUT2D eigenvalue weighted by atomic mass is 79.9. The number of amides is 1. The number of aromatic amines is 1. The highest BCUT2D eigenvalue weighted by Gasteiger charge is 2.14. The first kappa shape index (κ1) is 17.8. The molecule has 0 aliphatic rings. The van der Waals surface area contributed by atoms with Crippen molar-refractivity contribution in [1.29, 1.82) is 0 Å². The average Bonchev–Trinajstić information content (AvgIpc) is 2.79. The van der Waals surface area contributed by atoms with Crippen molar-refractivity contribution in [2.24, 2.45) is 0 Å². The Morgan fingerprint density at radius 2 is 2.17 bits per heavy atom. The van der Waals surface area contributed by atoms with Crippen LogP contribution in [0.3, 0.4) is 0 Å². The molecule has 0 bridgehead atoms. The number of carbonyl (C=O) groups is 1. The fourth-order valence-electron chi connectivity index (χ4n) is 2.21. The summed E-state index contributed by atoms with van der Waals surface area (Å²) in [5.74, 6) is 0.733. The Bertz CT molecular complexity index is 739. The van der Waals surface area contributed by atoms with E-state index >= 15 is 0 Å². The number of benzene rings is 1. The molecule has 3 N–H and O–H groups in total. The van der Waals surface area contributed by atoms with Gasteiger partial charge in [-0.2, -0.15) is 4.98 Å². The average molecular weight is 399 g/mol. The van der Waals surface area contributed by atoms with Crippen LogP contribution in [0.5, 0.6) is 0 Å². The zero-order valence-corrected chi connectivity index (χ0v) is 15.8. The third-order valence-corrected chi connectivity index (χ3v) is 4.15. The van der Waals surface area contributed by atoms with Crippen molar-refractivity contribution < 1.29 is 9.69 Å². The first-order valence-corrected chi connectivity index (χ1v) is 8.59. The fourth-order valence-corrected chi connectivity index (χ4v) is 2.88. The van der Waals surface area contributed by atoms with Crippen molar-refractivity contribution in [3.63, 3.8) is 0 Å². The van der Waals surface area contributed by atoms with Crippen molar-refractivity contribution in [3.05, 3.63) is 33.5 Å². The minimum absolute atomic E-state index is 0.0227. The smallest absolute Gasteiger partial charge is 0.275 e. The van der Waals surface area contributed by atoms with Gasteiger partial charge in [-0.15, -0.1) is 0 Å². The number of quaternary nitrogens is 1. The second-order valence-electron chi connectivity index (χ2n) is 5.78. The van der Waals surface area contributed by atoms with Crippen LogP contribution in [0.1, 0.15) is 13.8 Å². The Hall–Kier alpha value is -1.51. The van der Waals surface area contributed by atoms with Gasteiger partial charge in [0, 0.05) is 16.1 Å². The molecule has 1 aromatic heterocycles. The van der Waals surface area contributed by atoms with Crippen molar-refractivity contribution in [2.45, 2.75) is 26.6 Å². The first-order chi connectivity index (χ1) is 10.9. The SMILES string of the molecule is CC(C)NC(=O)C[NH+](C)Cn1[nH]c(-c2ccccc2Br)nc1=S. The highest BCUT2D eigenvalue weighted by molar-refractivity contribution is 9.10. The van der Waals surface area contributed by atoms with Gasteiger partial charge < -0.3 is 10.2 Å². The summed E-state index contributed by atoms with van der Waals surface area (Å²) < 4.78 is 3.20. The highest BCUT2D eigenvalue weighted by Crippen LogP contribution is 2.24. The zero-order chi connectivity index (χ0) is 17.0. The Morgan fingerprint density at radius 1 is 1.48 bits per heavy atom. The summed E-state index contributed by atoms with van der Waals surface area (Å²) in [6, 6.07) is 7.97. The number of H-pyrrole nitrogens is 1. The minimum atomic E-state index is 0.0227. The number of nitrogens with zero attached hydrogens (tertiary/aromatic N) is 2. The molecule has 1 aromatic carbocycles.